The Kier molecular flexibility index (Phi) is 3.25. The molecule has 0 radical (unpaired) electrons. The fourth-order valence-electron chi connectivity index (χ4n) is 2.67. The molecule has 5 heteroatoms. The lowest BCUT2D eigenvalue weighted by atomic mass is 9.85. The molecule has 0 bridgehead atoms. The molecule has 0 saturated carbocycles. The number of rotatable bonds is 2. The first-order chi connectivity index (χ1) is 10.0. The van der Waals surface area contributed by atoms with E-state index in [0.29, 0.717) is 6.42 Å². The second-order valence-corrected chi connectivity index (χ2v) is 5.46. The Balaban J connectivity index is 2.07. The number of pyridine rings is 1. The summed E-state index contributed by atoms with van der Waals surface area (Å²) >= 11 is 0. The minimum Gasteiger partial charge on any atom is -0.378 e. The zero-order valence-electron chi connectivity index (χ0n) is 12.0. The molecule has 21 heavy (non-hydrogen) atoms. The van der Waals surface area contributed by atoms with E-state index in [1.165, 1.54) is 6.07 Å². The van der Waals surface area contributed by atoms with Crippen LogP contribution in [-0.2, 0) is 4.79 Å². The molecule has 1 amide bonds. The second-order valence-electron chi connectivity index (χ2n) is 5.46. The largest absolute Gasteiger partial charge is 0.378 e. The van der Waals surface area contributed by atoms with E-state index in [2.05, 4.69) is 10.3 Å². The van der Waals surface area contributed by atoms with Gasteiger partial charge < -0.3 is 15.2 Å². The number of hydrogen-bond acceptors (Lipinski definition) is 3. The van der Waals surface area contributed by atoms with Crippen molar-refractivity contribution in [1.29, 1.82) is 0 Å². The van der Waals surface area contributed by atoms with Crippen LogP contribution in [0.15, 0.2) is 41.3 Å². The first-order valence-corrected chi connectivity index (χ1v) is 6.84. The third-order valence-electron chi connectivity index (χ3n) is 3.80. The summed E-state index contributed by atoms with van der Waals surface area (Å²) in [4.78, 5) is 27.8. The van der Waals surface area contributed by atoms with Crippen molar-refractivity contribution in [2.24, 2.45) is 0 Å². The van der Waals surface area contributed by atoms with E-state index in [1.807, 2.05) is 37.2 Å². The van der Waals surface area contributed by atoms with E-state index in [9.17, 15) is 9.59 Å². The van der Waals surface area contributed by atoms with E-state index in [0.717, 1.165) is 22.5 Å². The van der Waals surface area contributed by atoms with Gasteiger partial charge in [-0.1, -0.05) is 12.1 Å². The Morgan fingerprint density at radius 1 is 1.14 bits per heavy atom. The van der Waals surface area contributed by atoms with Crippen molar-refractivity contribution < 1.29 is 4.79 Å². The van der Waals surface area contributed by atoms with Gasteiger partial charge in [0.2, 0.25) is 11.5 Å². The molecule has 5 nitrogen and oxygen atoms in total. The molecule has 2 heterocycles. The van der Waals surface area contributed by atoms with Crippen LogP contribution >= 0.6 is 0 Å². The number of H-pyrrole nitrogens is 1. The van der Waals surface area contributed by atoms with Crippen molar-refractivity contribution in [2.45, 2.75) is 12.3 Å². The maximum Gasteiger partial charge on any atom is 0.247 e. The summed E-state index contributed by atoms with van der Waals surface area (Å²) in [5.41, 5.74) is 3.77. The number of nitrogens with one attached hydrogen (secondary N) is 2. The van der Waals surface area contributed by atoms with Crippen molar-refractivity contribution in [1.82, 2.24) is 4.98 Å². The van der Waals surface area contributed by atoms with Gasteiger partial charge in [0.15, 0.2) is 0 Å². The van der Waals surface area contributed by atoms with Gasteiger partial charge in [-0.3, -0.25) is 9.59 Å². The lowest BCUT2D eigenvalue weighted by molar-refractivity contribution is -0.116. The molecule has 1 aromatic heterocycles. The molecule has 1 aliphatic rings. The van der Waals surface area contributed by atoms with Gasteiger partial charge in [0.1, 0.15) is 0 Å². The van der Waals surface area contributed by atoms with Crippen LogP contribution in [0.3, 0.4) is 0 Å². The van der Waals surface area contributed by atoms with E-state index in [1.54, 1.807) is 12.3 Å². The molecule has 2 aromatic rings. The van der Waals surface area contributed by atoms with Gasteiger partial charge in [0.05, 0.1) is 0 Å². The predicted octanol–water partition coefficient (Wildman–Crippen LogP) is 1.91. The zero-order chi connectivity index (χ0) is 15.0. The summed E-state index contributed by atoms with van der Waals surface area (Å²) < 4.78 is 0. The van der Waals surface area contributed by atoms with Crippen LogP contribution in [0.2, 0.25) is 0 Å². The fourth-order valence-corrected chi connectivity index (χ4v) is 2.67. The highest BCUT2D eigenvalue weighted by atomic mass is 16.1. The quantitative estimate of drug-likeness (QED) is 0.885. The Hall–Kier alpha value is -2.56. The molecule has 0 fully saturated rings. The topological polar surface area (TPSA) is 65.2 Å². The number of aromatic amines is 1. The third kappa shape index (κ3) is 2.54. The molecule has 1 aliphatic heterocycles. The summed E-state index contributed by atoms with van der Waals surface area (Å²) in [5.74, 6) is -0.0311. The van der Waals surface area contributed by atoms with Crippen LogP contribution in [0.4, 0.5) is 11.4 Å². The number of carbonyl (C=O) groups excluding carboxylic acids is 1. The highest BCUT2D eigenvalue weighted by Gasteiger charge is 2.26. The maximum atomic E-state index is 12.0. The summed E-state index contributed by atoms with van der Waals surface area (Å²) in [5, 5.41) is 2.93. The minimum absolute atomic E-state index is 0.00499. The highest BCUT2D eigenvalue weighted by Crippen LogP contribution is 2.38. The average Bonchev–Trinajstić information content (AvgIpc) is 2.46. The van der Waals surface area contributed by atoms with Gasteiger partial charge in [-0.25, -0.2) is 0 Å². The number of aromatic nitrogens is 1. The molecular weight excluding hydrogens is 266 g/mol. The lowest BCUT2D eigenvalue weighted by Crippen LogP contribution is -2.24. The van der Waals surface area contributed by atoms with Crippen molar-refractivity contribution in [3.05, 3.63) is 58.0 Å². The molecule has 108 valence electrons. The van der Waals surface area contributed by atoms with E-state index in [4.69, 9.17) is 0 Å². The lowest BCUT2D eigenvalue weighted by Gasteiger charge is -2.27. The third-order valence-corrected chi connectivity index (χ3v) is 3.80. The van der Waals surface area contributed by atoms with Gasteiger partial charge in [-0.05, 0) is 23.3 Å². The standard InChI is InChI=1S/C16H17N3O2/c1-19(2)11-4-5-12-13(8-16(21)18-14(12)7-11)10-3-6-15(20)17-9-10/h3-7,9,13H,8H2,1-2H3,(H,17,20)(H,18,21). The maximum absolute atomic E-state index is 12.0. The molecule has 1 unspecified atom stereocenters. The van der Waals surface area contributed by atoms with Gasteiger partial charge in [-0.2, -0.15) is 0 Å². The van der Waals surface area contributed by atoms with Crippen LogP contribution < -0.4 is 15.8 Å². The van der Waals surface area contributed by atoms with Crippen molar-refractivity contribution in [2.75, 3.05) is 24.3 Å². The number of nitrogens with zero attached hydrogens (tertiary/aromatic N) is 1. The van der Waals surface area contributed by atoms with E-state index < -0.39 is 0 Å². The normalized spacial score (nSPS) is 17.0. The summed E-state index contributed by atoms with van der Waals surface area (Å²) in [6, 6.07) is 9.33. The minimum atomic E-state index is -0.137. The average molecular weight is 283 g/mol. The molecular formula is C16H17N3O2. The number of carbonyl (C=O) groups is 1. The second kappa shape index (κ2) is 5.09. The molecule has 0 saturated heterocycles. The van der Waals surface area contributed by atoms with Crippen molar-refractivity contribution in [3.63, 3.8) is 0 Å². The van der Waals surface area contributed by atoms with Gasteiger partial charge in [-0.15, -0.1) is 0 Å². The van der Waals surface area contributed by atoms with Crippen LogP contribution in [0, 0.1) is 0 Å². The van der Waals surface area contributed by atoms with E-state index in [-0.39, 0.29) is 17.4 Å². The smallest absolute Gasteiger partial charge is 0.247 e. The predicted molar refractivity (Wildman–Crippen MR) is 82.9 cm³/mol. The summed E-state index contributed by atoms with van der Waals surface area (Å²) in [7, 11) is 3.93. The Morgan fingerprint density at radius 3 is 2.62 bits per heavy atom. The molecule has 0 aliphatic carbocycles. The number of hydrogen-bond donors (Lipinski definition) is 2. The first-order valence-electron chi connectivity index (χ1n) is 6.84. The number of fused-ring (bicyclic) bond motifs is 1. The van der Waals surface area contributed by atoms with Crippen LogP contribution in [0.25, 0.3) is 0 Å². The highest BCUT2D eigenvalue weighted by molar-refractivity contribution is 5.96. The van der Waals surface area contributed by atoms with Crippen LogP contribution in [0.5, 0.6) is 0 Å². The SMILES string of the molecule is CN(C)c1ccc2c(c1)NC(=O)CC2c1ccc(=O)[nH]c1. The Bertz CT molecular complexity index is 729. The number of amides is 1. The molecule has 1 atom stereocenters. The number of anilines is 2. The molecule has 1 aromatic carbocycles. The van der Waals surface area contributed by atoms with E-state index >= 15 is 0 Å². The fraction of sp³-hybridized carbons (Fsp3) is 0.250. The van der Waals surface area contributed by atoms with Crippen LogP contribution in [0.1, 0.15) is 23.5 Å². The molecule has 3 rings (SSSR count). The first kappa shape index (κ1) is 13.4. The monoisotopic (exact) mass is 283 g/mol. The summed E-state index contributed by atoms with van der Waals surface area (Å²) in [6.45, 7) is 0. The van der Waals surface area contributed by atoms with Crippen molar-refractivity contribution >= 4 is 17.3 Å². The van der Waals surface area contributed by atoms with Crippen LogP contribution in [-0.4, -0.2) is 25.0 Å². The van der Waals surface area contributed by atoms with Gasteiger partial charge in [0.25, 0.3) is 0 Å². The van der Waals surface area contributed by atoms with Gasteiger partial charge >= 0.3 is 0 Å². The molecule has 2 N–H and O–H groups in total. The summed E-state index contributed by atoms with van der Waals surface area (Å²) in [6.07, 6.45) is 2.08. The molecule has 0 spiro atoms. The Morgan fingerprint density at radius 2 is 1.95 bits per heavy atom. The zero-order valence-corrected chi connectivity index (χ0v) is 12.0. The number of benzene rings is 1. The van der Waals surface area contributed by atoms with Gasteiger partial charge in [0, 0.05) is 50.1 Å². The van der Waals surface area contributed by atoms with Crippen molar-refractivity contribution in [3.8, 4) is 0 Å². The Labute approximate surface area is 122 Å².